The smallest absolute Gasteiger partial charge is 0.307 e. The highest BCUT2D eigenvalue weighted by Gasteiger charge is 2.28. The maximum atomic E-state index is 13.2. The van der Waals surface area contributed by atoms with E-state index < -0.39 is 5.54 Å². The van der Waals surface area contributed by atoms with Gasteiger partial charge < -0.3 is 10.1 Å². The summed E-state index contributed by atoms with van der Waals surface area (Å²) in [7, 11) is 1.74. The normalized spacial score (nSPS) is 14.1. The van der Waals surface area contributed by atoms with E-state index in [-0.39, 0.29) is 18.2 Å². The fourth-order valence-corrected chi connectivity index (χ4v) is 1.67. The van der Waals surface area contributed by atoms with Crippen LogP contribution in [0, 0.1) is 5.82 Å². The number of nitrogens with one attached hydrogen (secondary N) is 1. The van der Waals surface area contributed by atoms with Crippen LogP contribution in [-0.4, -0.2) is 19.6 Å². The number of ether oxygens (including phenoxy) is 1. The van der Waals surface area contributed by atoms with Gasteiger partial charge in [0.25, 0.3) is 0 Å². The summed E-state index contributed by atoms with van der Waals surface area (Å²) in [6.45, 7) is 3.96. The summed E-state index contributed by atoms with van der Waals surface area (Å²) < 4.78 is 18.1. The van der Waals surface area contributed by atoms with Gasteiger partial charge in [-0.05, 0) is 38.6 Å². The van der Waals surface area contributed by atoms with Gasteiger partial charge in [0.2, 0.25) is 0 Å². The Kier molecular flexibility index (Phi) is 4.63. The quantitative estimate of drug-likeness (QED) is 0.801. The molecule has 1 atom stereocenters. The zero-order valence-electron chi connectivity index (χ0n) is 10.4. The molecule has 0 bridgehead atoms. The summed E-state index contributed by atoms with van der Waals surface area (Å²) in [5.41, 5.74) is 0.113. The average molecular weight is 239 g/mol. The predicted molar refractivity (Wildman–Crippen MR) is 64.1 cm³/mol. The lowest BCUT2D eigenvalue weighted by Gasteiger charge is -2.28. The van der Waals surface area contributed by atoms with Crippen LogP contribution >= 0.6 is 0 Å². The predicted octanol–water partition coefficient (Wildman–Crippen LogP) is 2.21. The van der Waals surface area contributed by atoms with Gasteiger partial charge in [-0.15, -0.1) is 0 Å². The number of hydrogen-bond acceptors (Lipinski definition) is 3. The van der Waals surface area contributed by atoms with Crippen LogP contribution in [0.1, 0.15) is 25.8 Å². The van der Waals surface area contributed by atoms with E-state index in [1.807, 2.05) is 6.92 Å². The van der Waals surface area contributed by atoms with Crippen molar-refractivity contribution < 1.29 is 13.9 Å². The zero-order chi connectivity index (χ0) is 12.9. The van der Waals surface area contributed by atoms with E-state index in [0.717, 1.165) is 5.56 Å². The van der Waals surface area contributed by atoms with Crippen LogP contribution in [-0.2, 0) is 15.1 Å². The topological polar surface area (TPSA) is 38.3 Å². The van der Waals surface area contributed by atoms with E-state index in [1.165, 1.54) is 12.1 Å². The van der Waals surface area contributed by atoms with E-state index in [0.29, 0.717) is 6.61 Å². The highest BCUT2D eigenvalue weighted by atomic mass is 19.1. The number of carbonyl (C=O) groups is 1. The minimum atomic E-state index is -0.617. The van der Waals surface area contributed by atoms with Gasteiger partial charge in [-0.2, -0.15) is 0 Å². The standard InChI is InChI=1S/C13H18FNO2/c1-4-17-12(16)9-13(2,15-3)10-6-5-7-11(14)8-10/h5-8,15H,4,9H2,1-3H3. The molecule has 3 nitrogen and oxygen atoms in total. The molecule has 0 radical (unpaired) electrons. The van der Waals surface area contributed by atoms with Crippen LogP contribution in [0.3, 0.4) is 0 Å². The maximum Gasteiger partial charge on any atom is 0.307 e. The number of benzene rings is 1. The van der Waals surface area contributed by atoms with Crippen molar-refractivity contribution in [3.8, 4) is 0 Å². The fourth-order valence-electron chi connectivity index (χ4n) is 1.67. The van der Waals surface area contributed by atoms with Crippen molar-refractivity contribution in [3.05, 3.63) is 35.6 Å². The molecule has 0 saturated heterocycles. The summed E-state index contributed by atoms with van der Waals surface area (Å²) in [6.07, 6.45) is 0.167. The van der Waals surface area contributed by atoms with Crippen molar-refractivity contribution in [3.63, 3.8) is 0 Å². The molecule has 0 aliphatic rings. The number of rotatable bonds is 5. The Balaban J connectivity index is 2.91. The summed E-state index contributed by atoms with van der Waals surface area (Å²) in [5.74, 6) is -0.610. The van der Waals surface area contributed by atoms with E-state index in [1.54, 1.807) is 26.1 Å². The third-order valence-electron chi connectivity index (χ3n) is 2.82. The van der Waals surface area contributed by atoms with Crippen LogP contribution in [0.5, 0.6) is 0 Å². The highest BCUT2D eigenvalue weighted by Crippen LogP contribution is 2.25. The van der Waals surface area contributed by atoms with Crippen molar-refractivity contribution in [1.29, 1.82) is 0 Å². The molecule has 94 valence electrons. The van der Waals surface area contributed by atoms with E-state index >= 15 is 0 Å². The monoisotopic (exact) mass is 239 g/mol. The molecule has 1 aromatic rings. The molecule has 0 amide bonds. The lowest BCUT2D eigenvalue weighted by atomic mass is 9.89. The van der Waals surface area contributed by atoms with Crippen LogP contribution in [0.4, 0.5) is 4.39 Å². The van der Waals surface area contributed by atoms with Crippen LogP contribution in [0.2, 0.25) is 0 Å². The third-order valence-corrected chi connectivity index (χ3v) is 2.82. The van der Waals surface area contributed by atoms with Gasteiger partial charge in [0, 0.05) is 0 Å². The molecule has 0 aliphatic heterocycles. The highest BCUT2D eigenvalue weighted by molar-refractivity contribution is 5.71. The first-order chi connectivity index (χ1) is 8.01. The molecule has 1 rings (SSSR count). The molecule has 0 saturated carbocycles. The maximum absolute atomic E-state index is 13.2. The second kappa shape index (κ2) is 5.77. The van der Waals surface area contributed by atoms with Gasteiger partial charge in [-0.25, -0.2) is 4.39 Å². The fraction of sp³-hybridized carbons (Fsp3) is 0.462. The molecular weight excluding hydrogens is 221 g/mol. The molecule has 0 spiro atoms. The summed E-state index contributed by atoms with van der Waals surface area (Å²) >= 11 is 0. The molecule has 1 unspecified atom stereocenters. The second-order valence-electron chi connectivity index (χ2n) is 4.07. The Morgan fingerprint density at radius 1 is 1.53 bits per heavy atom. The Labute approximate surface area is 101 Å². The molecule has 0 aromatic heterocycles. The van der Waals surface area contributed by atoms with Crippen molar-refractivity contribution >= 4 is 5.97 Å². The second-order valence-corrected chi connectivity index (χ2v) is 4.07. The molecular formula is C13H18FNO2. The molecule has 4 heteroatoms. The third kappa shape index (κ3) is 3.53. The van der Waals surface area contributed by atoms with Crippen molar-refractivity contribution in [1.82, 2.24) is 5.32 Å². The van der Waals surface area contributed by atoms with Crippen LogP contribution in [0.25, 0.3) is 0 Å². The average Bonchev–Trinajstić information content (AvgIpc) is 2.29. The first kappa shape index (κ1) is 13.6. The van der Waals surface area contributed by atoms with E-state index in [4.69, 9.17) is 4.74 Å². The van der Waals surface area contributed by atoms with Crippen molar-refractivity contribution in [2.45, 2.75) is 25.8 Å². The molecule has 0 fully saturated rings. The Morgan fingerprint density at radius 2 is 2.24 bits per heavy atom. The van der Waals surface area contributed by atoms with Gasteiger partial charge >= 0.3 is 5.97 Å². The summed E-state index contributed by atoms with van der Waals surface area (Å²) in [6, 6.07) is 6.23. The van der Waals surface area contributed by atoms with Crippen LogP contribution < -0.4 is 5.32 Å². The minimum Gasteiger partial charge on any atom is -0.466 e. The summed E-state index contributed by atoms with van der Waals surface area (Å²) in [4.78, 5) is 11.5. The Bertz CT molecular complexity index is 395. The lowest BCUT2D eigenvalue weighted by Crippen LogP contribution is -2.39. The molecule has 1 aromatic carbocycles. The van der Waals surface area contributed by atoms with Gasteiger partial charge in [0.1, 0.15) is 5.82 Å². The van der Waals surface area contributed by atoms with Gasteiger partial charge in [0.15, 0.2) is 0 Å². The summed E-state index contributed by atoms with van der Waals surface area (Å²) in [5, 5.41) is 3.04. The van der Waals surface area contributed by atoms with Gasteiger partial charge in [-0.3, -0.25) is 4.79 Å². The van der Waals surface area contributed by atoms with Gasteiger partial charge in [-0.1, -0.05) is 12.1 Å². The van der Waals surface area contributed by atoms with E-state index in [2.05, 4.69) is 5.32 Å². The number of halogens is 1. The first-order valence-electron chi connectivity index (χ1n) is 5.62. The molecule has 0 heterocycles. The lowest BCUT2D eigenvalue weighted by molar-refractivity contribution is -0.144. The molecule has 1 N–H and O–H groups in total. The van der Waals surface area contributed by atoms with Crippen LogP contribution in [0.15, 0.2) is 24.3 Å². The minimum absolute atomic E-state index is 0.167. The number of hydrogen-bond donors (Lipinski definition) is 1. The molecule has 17 heavy (non-hydrogen) atoms. The SMILES string of the molecule is CCOC(=O)CC(C)(NC)c1cccc(F)c1. The molecule has 0 aliphatic carbocycles. The largest absolute Gasteiger partial charge is 0.466 e. The van der Waals surface area contributed by atoms with Crippen molar-refractivity contribution in [2.75, 3.05) is 13.7 Å². The van der Waals surface area contributed by atoms with E-state index in [9.17, 15) is 9.18 Å². The van der Waals surface area contributed by atoms with Gasteiger partial charge in [0.05, 0.1) is 18.6 Å². The Morgan fingerprint density at radius 3 is 2.76 bits per heavy atom. The van der Waals surface area contributed by atoms with Crippen molar-refractivity contribution in [2.24, 2.45) is 0 Å². The first-order valence-corrected chi connectivity index (χ1v) is 5.62. The zero-order valence-corrected chi connectivity index (χ0v) is 10.4. The number of carbonyl (C=O) groups excluding carboxylic acids is 1. The Hall–Kier alpha value is -1.42. The number of esters is 1.